The third kappa shape index (κ3) is 3.57. The van der Waals surface area contributed by atoms with Crippen molar-refractivity contribution in [1.82, 2.24) is 15.0 Å². The summed E-state index contributed by atoms with van der Waals surface area (Å²) in [5.74, 6) is -0.0800. The first-order chi connectivity index (χ1) is 12.2. The van der Waals surface area contributed by atoms with Gasteiger partial charge in [0.25, 0.3) is 0 Å². The highest BCUT2D eigenvalue weighted by atomic mass is 32.1. The van der Waals surface area contributed by atoms with Crippen molar-refractivity contribution < 1.29 is 4.79 Å². The Labute approximate surface area is 152 Å². The summed E-state index contributed by atoms with van der Waals surface area (Å²) in [7, 11) is 0. The molecule has 0 aliphatic carbocycles. The lowest BCUT2D eigenvalue weighted by Crippen LogP contribution is -2.14. The second-order valence-electron chi connectivity index (χ2n) is 5.53. The minimum Gasteiger partial charge on any atom is -0.326 e. The summed E-state index contributed by atoms with van der Waals surface area (Å²) in [6, 6.07) is 9.60. The predicted octanol–water partition coefficient (Wildman–Crippen LogP) is 4.30. The zero-order valence-corrected chi connectivity index (χ0v) is 15.0. The van der Waals surface area contributed by atoms with Gasteiger partial charge in [-0.15, -0.1) is 22.7 Å². The van der Waals surface area contributed by atoms with Crippen molar-refractivity contribution in [2.75, 3.05) is 5.32 Å². The molecule has 0 aliphatic heterocycles. The first-order valence-electron chi connectivity index (χ1n) is 7.69. The van der Waals surface area contributed by atoms with E-state index in [2.05, 4.69) is 20.3 Å². The van der Waals surface area contributed by atoms with Crippen LogP contribution in [-0.2, 0) is 11.2 Å². The lowest BCUT2D eigenvalue weighted by atomic mass is 10.2. The van der Waals surface area contributed by atoms with Gasteiger partial charge in [0.2, 0.25) is 5.91 Å². The van der Waals surface area contributed by atoms with Crippen LogP contribution in [0.3, 0.4) is 0 Å². The average molecular weight is 366 g/mol. The maximum Gasteiger partial charge on any atom is 0.230 e. The highest BCUT2D eigenvalue weighted by Gasteiger charge is 2.10. The Morgan fingerprint density at radius 1 is 1.24 bits per heavy atom. The molecule has 4 aromatic rings. The van der Waals surface area contributed by atoms with Crippen LogP contribution in [0.4, 0.5) is 5.69 Å². The molecule has 3 aromatic heterocycles. The number of thiazole rings is 2. The number of hydrogen-bond acceptors (Lipinski definition) is 6. The van der Waals surface area contributed by atoms with Crippen LogP contribution >= 0.6 is 22.7 Å². The first-order valence-corrected chi connectivity index (χ1v) is 9.39. The Bertz CT molecular complexity index is 1040. The fraction of sp³-hybridized carbons (Fsp3) is 0.111. The quantitative estimate of drug-likeness (QED) is 0.584. The standard InChI is InChI=1S/C18H14N4OS2/c1-11-20-15-5-4-13(7-16(15)25-11)21-17(23)8-14-10-24-18(22-14)12-3-2-6-19-9-12/h2-7,9-10H,8H2,1H3,(H,21,23). The maximum atomic E-state index is 12.3. The fourth-order valence-corrected chi connectivity index (χ4v) is 4.17. The minimum atomic E-state index is -0.0800. The van der Waals surface area contributed by atoms with Crippen LogP contribution in [0.15, 0.2) is 48.1 Å². The van der Waals surface area contributed by atoms with Crippen LogP contribution < -0.4 is 5.32 Å². The molecule has 0 saturated heterocycles. The maximum absolute atomic E-state index is 12.3. The molecular formula is C18H14N4OS2. The van der Waals surface area contributed by atoms with Crippen molar-refractivity contribution in [2.24, 2.45) is 0 Å². The molecule has 3 heterocycles. The van der Waals surface area contributed by atoms with Gasteiger partial charge in [-0.2, -0.15) is 0 Å². The van der Waals surface area contributed by atoms with Gasteiger partial charge in [0.15, 0.2) is 0 Å². The van der Waals surface area contributed by atoms with Crippen LogP contribution in [0.25, 0.3) is 20.8 Å². The molecular weight excluding hydrogens is 352 g/mol. The van der Waals surface area contributed by atoms with Crippen LogP contribution in [0.2, 0.25) is 0 Å². The third-order valence-corrected chi connectivity index (χ3v) is 5.45. The lowest BCUT2D eigenvalue weighted by Gasteiger charge is -2.03. The molecule has 25 heavy (non-hydrogen) atoms. The number of rotatable bonds is 4. The number of nitrogens with one attached hydrogen (secondary N) is 1. The number of nitrogens with zero attached hydrogens (tertiary/aromatic N) is 3. The molecule has 0 spiro atoms. The van der Waals surface area contributed by atoms with E-state index >= 15 is 0 Å². The molecule has 7 heteroatoms. The van der Waals surface area contributed by atoms with Gasteiger partial charge in [-0.25, -0.2) is 9.97 Å². The van der Waals surface area contributed by atoms with E-state index in [4.69, 9.17) is 0 Å². The smallest absolute Gasteiger partial charge is 0.230 e. The van der Waals surface area contributed by atoms with Gasteiger partial charge in [0.1, 0.15) is 5.01 Å². The SMILES string of the molecule is Cc1nc2ccc(NC(=O)Cc3csc(-c4cccnc4)n3)cc2s1. The number of amides is 1. The van der Waals surface area contributed by atoms with Crippen LogP contribution in [0.1, 0.15) is 10.7 Å². The molecule has 5 nitrogen and oxygen atoms in total. The zero-order chi connectivity index (χ0) is 17.2. The van der Waals surface area contributed by atoms with E-state index in [1.54, 1.807) is 23.7 Å². The van der Waals surface area contributed by atoms with Gasteiger partial charge in [-0.3, -0.25) is 9.78 Å². The number of anilines is 1. The summed E-state index contributed by atoms with van der Waals surface area (Å²) < 4.78 is 1.07. The Morgan fingerprint density at radius 2 is 2.16 bits per heavy atom. The number of carbonyl (C=O) groups excluding carboxylic acids is 1. The van der Waals surface area contributed by atoms with Crippen molar-refractivity contribution in [2.45, 2.75) is 13.3 Å². The number of aryl methyl sites for hydroxylation is 1. The van der Waals surface area contributed by atoms with Gasteiger partial charge in [-0.1, -0.05) is 0 Å². The van der Waals surface area contributed by atoms with E-state index < -0.39 is 0 Å². The van der Waals surface area contributed by atoms with E-state index in [0.717, 1.165) is 37.2 Å². The molecule has 124 valence electrons. The van der Waals surface area contributed by atoms with Crippen LogP contribution in [0.5, 0.6) is 0 Å². The zero-order valence-electron chi connectivity index (χ0n) is 13.4. The molecule has 1 aromatic carbocycles. The van der Waals surface area contributed by atoms with Crippen molar-refractivity contribution in [1.29, 1.82) is 0 Å². The number of fused-ring (bicyclic) bond motifs is 1. The summed E-state index contributed by atoms with van der Waals surface area (Å²) >= 11 is 3.14. The topological polar surface area (TPSA) is 67.8 Å². The van der Waals surface area contributed by atoms with Crippen molar-refractivity contribution >= 4 is 44.5 Å². The highest BCUT2D eigenvalue weighted by Crippen LogP contribution is 2.25. The van der Waals surface area contributed by atoms with E-state index in [9.17, 15) is 4.79 Å². The molecule has 0 aliphatic rings. The molecule has 0 fully saturated rings. The van der Waals surface area contributed by atoms with Crippen molar-refractivity contribution in [3.05, 3.63) is 58.8 Å². The minimum absolute atomic E-state index is 0.0800. The largest absolute Gasteiger partial charge is 0.326 e. The average Bonchev–Trinajstić information content (AvgIpc) is 3.21. The number of pyridine rings is 1. The van der Waals surface area contributed by atoms with Crippen molar-refractivity contribution in [3.63, 3.8) is 0 Å². The summed E-state index contributed by atoms with van der Waals surface area (Å²) in [6.45, 7) is 1.98. The van der Waals surface area contributed by atoms with E-state index in [1.165, 1.54) is 11.3 Å². The summed E-state index contributed by atoms with van der Waals surface area (Å²) in [5, 5.41) is 6.74. The molecule has 4 rings (SSSR count). The number of hydrogen-bond donors (Lipinski definition) is 1. The van der Waals surface area contributed by atoms with Crippen molar-refractivity contribution in [3.8, 4) is 10.6 Å². The lowest BCUT2D eigenvalue weighted by molar-refractivity contribution is -0.115. The Morgan fingerprint density at radius 3 is 3.00 bits per heavy atom. The predicted molar refractivity (Wildman–Crippen MR) is 102 cm³/mol. The third-order valence-electron chi connectivity index (χ3n) is 3.58. The van der Waals surface area contributed by atoms with E-state index in [-0.39, 0.29) is 12.3 Å². The normalized spacial score (nSPS) is 10.9. The second kappa shape index (κ2) is 6.70. The molecule has 0 saturated carbocycles. The van der Waals surface area contributed by atoms with Gasteiger partial charge >= 0.3 is 0 Å². The summed E-state index contributed by atoms with van der Waals surface area (Å²) in [5.41, 5.74) is 3.46. The second-order valence-corrected chi connectivity index (χ2v) is 7.62. The fourth-order valence-electron chi connectivity index (χ4n) is 2.50. The molecule has 1 amide bonds. The van der Waals surface area contributed by atoms with Gasteiger partial charge < -0.3 is 5.32 Å². The molecule has 0 bridgehead atoms. The van der Waals surface area contributed by atoms with E-state index in [1.807, 2.05) is 42.6 Å². The summed E-state index contributed by atoms with van der Waals surface area (Å²) in [4.78, 5) is 25.3. The molecule has 0 atom stereocenters. The number of carbonyl (C=O) groups is 1. The van der Waals surface area contributed by atoms with Gasteiger partial charge in [-0.05, 0) is 37.3 Å². The van der Waals surface area contributed by atoms with Gasteiger partial charge in [0, 0.05) is 29.0 Å². The Hall–Kier alpha value is -2.64. The Kier molecular flexibility index (Phi) is 4.25. The van der Waals surface area contributed by atoms with Crippen LogP contribution in [-0.4, -0.2) is 20.9 Å². The molecule has 1 N–H and O–H groups in total. The Balaban J connectivity index is 1.45. The molecule has 0 unspecified atom stereocenters. The number of aromatic nitrogens is 3. The highest BCUT2D eigenvalue weighted by molar-refractivity contribution is 7.18. The van der Waals surface area contributed by atoms with Gasteiger partial charge in [0.05, 0.1) is 27.3 Å². The molecule has 0 radical (unpaired) electrons. The summed E-state index contributed by atoms with van der Waals surface area (Å²) in [6.07, 6.45) is 3.75. The monoisotopic (exact) mass is 366 g/mol. The van der Waals surface area contributed by atoms with Crippen LogP contribution in [0, 0.1) is 6.92 Å². The first kappa shape index (κ1) is 15.9. The van der Waals surface area contributed by atoms with E-state index in [0.29, 0.717) is 0 Å². The number of benzene rings is 1.